The fraction of sp³-hybridized carbons (Fsp3) is 0.800. The summed E-state index contributed by atoms with van der Waals surface area (Å²) in [6.45, 7) is 4.51. The first-order chi connectivity index (χ1) is 22.5. The molecule has 1 aliphatic heterocycles. The Morgan fingerprint density at radius 2 is 0.761 bits per heavy atom. The van der Waals surface area contributed by atoms with Crippen molar-refractivity contribution < 1.29 is 19.2 Å². The number of imide groups is 1. The maximum absolute atomic E-state index is 13.2. The van der Waals surface area contributed by atoms with Crippen LogP contribution in [0.2, 0.25) is 0 Å². The van der Waals surface area contributed by atoms with E-state index in [2.05, 4.69) is 38.2 Å². The first-order valence-electron chi connectivity index (χ1n) is 19.5. The van der Waals surface area contributed by atoms with Crippen molar-refractivity contribution in [1.29, 1.82) is 0 Å². The van der Waals surface area contributed by atoms with Gasteiger partial charge in [-0.1, -0.05) is 141 Å². The third-order valence-corrected chi connectivity index (χ3v) is 11.2. The van der Waals surface area contributed by atoms with Crippen molar-refractivity contribution in [3.63, 3.8) is 0 Å². The van der Waals surface area contributed by atoms with Crippen LogP contribution in [-0.4, -0.2) is 27.5 Å². The lowest BCUT2D eigenvalue weighted by atomic mass is 10.1. The molecular weight excluding hydrogens is 589 g/mol. The third-order valence-electron chi connectivity index (χ3n) is 9.00. The summed E-state index contributed by atoms with van der Waals surface area (Å²) in [6, 6.07) is 0. The van der Waals surface area contributed by atoms with Gasteiger partial charge in [-0.15, -0.1) is 0 Å². The van der Waals surface area contributed by atoms with Gasteiger partial charge in [0.1, 0.15) is 8.07 Å². The van der Waals surface area contributed by atoms with E-state index in [1.54, 1.807) is 0 Å². The van der Waals surface area contributed by atoms with Crippen LogP contribution in [0.15, 0.2) is 24.3 Å². The van der Waals surface area contributed by atoms with Crippen LogP contribution < -0.4 is 0 Å². The smallest absolute Gasteiger partial charge is 0.233 e. The van der Waals surface area contributed by atoms with Crippen LogP contribution in [0.25, 0.3) is 0 Å². The van der Waals surface area contributed by atoms with Crippen molar-refractivity contribution in [2.75, 3.05) is 0 Å². The van der Waals surface area contributed by atoms with Crippen LogP contribution in [0, 0.1) is 0 Å². The molecule has 0 bridgehead atoms. The second-order valence-corrected chi connectivity index (χ2v) is 15.4. The second-order valence-electron chi connectivity index (χ2n) is 13.4. The zero-order valence-electron chi connectivity index (χ0n) is 30.1. The van der Waals surface area contributed by atoms with Crippen molar-refractivity contribution in [3.05, 3.63) is 24.3 Å². The molecule has 0 spiro atoms. The molecule has 0 aromatic heterocycles. The number of hydrogen-bond acceptors (Lipinski definition) is 4. The molecule has 1 fully saturated rings. The van der Waals surface area contributed by atoms with Gasteiger partial charge in [0.05, 0.1) is 0 Å². The topological polar surface area (TPSA) is 71.5 Å². The molecule has 0 unspecified atom stereocenters. The van der Waals surface area contributed by atoms with E-state index in [1.165, 1.54) is 103 Å². The molecule has 0 saturated carbocycles. The van der Waals surface area contributed by atoms with Gasteiger partial charge in [0.15, 0.2) is 11.0 Å². The molecular formula is C40H70NO4P. The number of amides is 2. The van der Waals surface area contributed by atoms with Crippen molar-refractivity contribution in [2.45, 2.75) is 206 Å². The van der Waals surface area contributed by atoms with E-state index in [0.29, 0.717) is 12.8 Å². The Bertz CT molecular complexity index is 799. The predicted octanol–water partition coefficient (Wildman–Crippen LogP) is 12.7. The lowest BCUT2D eigenvalue weighted by Gasteiger charge is -2.23. The molecule has 1 saturated heterocycles. The summed E-state index contributed by atoms with van der Waals surface area (Å²) in [7, 11) is -2.01. The molecule has 1 heterocycles. The highest BCUT2D eigenvalue weighted by Gasteiger charge is 2.42. The lowest BCUT2D eigenvalue weighted by Crippen LogP contribution is -2.29. The Balaban J connectivity index is 2.22. The molecule has 0 aromatic carbocycles. The standard InChI is InChI=1S/C40H70NO4P/c1-3-5-7-9-11-13-15-17-19-21-23-25-27-29-31-33-39(44)46(41-37(42)35-36-38(41)43)40(45)34-32-30-28-26-24-22-20-18-16-14-12-10-8-6-4-2/h17-20H,3-16,21-36H2,1-2H3/b19-17-,20-18-. The number of carbonyl (C=O) groups excluding carboxylic acids is 4. The predicted molar refractivity (Wildman–Crippen MR) is 197 cm³/mol. The molecule has 0 radical (unpaired) electrons. The van der Waals surface area contributed by atoms with Gasteiger partial charge in [-0.3, -0.25) is 19.2 Å². The number of hydrogen-bond donors (Lipinski definition) is 0. The molecule has 6 heteroatoms. The molecule has 0 aliphatic carbocycles. The van der Waals surface area contributed by atoms with Gasteiger partial charge >= 0.3 is 0 Å². The number of carbonyl (C=O) groups is 4. The molecule has 0 atom stereocenters. The Morgan fingerprint density at radius 1 is 0.478 bits per heavy atom. The second kappa shape index (κ2) is 30.7. The summed E-state index contributed by atoms with van der Waals surface area (Å²) in [6.07, 6.45) is 40.9. The highest BCUT2D eigenvalue weighted by molar-refractivity contribution is 7.88. The van der Waals surface area contributed by atoms with Crippen molar-refractivity contribution in [1.82, 2.24) is 4.67 Å². The maximum atomic E-state index is 13.2. The molecule has 2 amide bonds. The number of rotatable bonds is 33. The molecule has 46 heavy (non-hydrogen) atoms. The number of nitrogens with zero attached hydrogens (tertiary/aromatic N) is 1. The summed E-state index contributed by atoms with van der Waals surface area (Å²) in [5.74, 6) is -0.682. The first-order valence-corrected chi connectivity index (χ1v) is 20.8. The van der Waals surface area contributed by atoms with E-state index in [0.717, 1.165) is 68.9 Å². The summed E-state index contributed by atoms with van der Waals surface area (Å²) in [5.41, 5.74) is -0.372. The van der Waals surface area contributed by atoms with Gasteiger partial charge < -0.3 is 0 Å². The van der Waals surface area contributed by atoms with E-state index in [9.17, 15) is 19.2 Å². The van der Waals surface area contributed by atoms with Gasteiger partial charge in [0, 0.05) is 25.7 Å². The molecule has 5 nitrogen and oxygen atoms in total. The van der Waals surface area contributed by atoms with E-state index < -0.39 is 8.07 Å². The minimum Gasteiger partial charge on any atom is -0.292 e. The third kappa shape index (κ3) is 22.0. The van der Waals surface area contributed by atoms with E-state index in [4.69, 9.17) is 0 Å². The summed E-state index contributed by atoms with van der Waals surface area (Å²) in [4.78, 5) is 51.3. The fourth-order valence-electron chi connectivity index (χ4n) is 6.06. The summed E-state index contributed by atoms with van der Waals surface area (Å²) >= 11 is 0. The molecule has 264 valence electrons. The van der Waals surface area contributed by atoms with Crippen LogP contribution in [0.4, 0.5) is 0 Å². The van der Waals surface area contributed by atoms with Crippen LogP contribution in [0.5, 0.6) is 0 Å². The zero-order valence-corrected chi connectivity index (χ0v) is 30.9. The molecule has 1 aliphatic rings. The van der Waals surface area contributed by atoms with Gasteiger partial charge in [0.25, 0.3) is 0 Å². The van der Waals surface area contributed by atoms with E-state index in [1.807, 2.05) is 0 Å². The number of allylic oxidation sites excluding steroid dienone is 4. The van der Waals surface area contributed by atoms with Crippen LogP contribution in [0.3, 0.4) is 0 Å². The van der Waals surface area contributed by atoms with Crippen LogP contribution in [0.1, 0.15) is 206 Å². The Morgan fingerprint density at radius 3 is 1.09 bits per heavy atom. The first kappa shape index (κ1) is 42.4. The normalized spacial score (nSPS) is 13.8. The minimum absolute atomic E-state index is 0.124. The zero-order chi connectivity index (χ0) is 33.5. The van der Waals surface area contributed by atoms with Gasteiger partial charge in [-0.25, -0.2) is 4.67 Å². The van der Waals surface area contributed by atoms with Crippen LogP contribution >= 0.6 is 8.07 Å². The highest BCUT2D eigenvalue weighted by atomic mass is 31.1. The van der Waals surface area contributed by atoms with E-state index in [-0.39, 0.29) is 35.7 Å². The molecule has 1 rings (SSSR count). The Hall–Kier alpha value is -1.61. The van der Waals surface area contributed by atoms with Gasteiger partial charge in [0.2, 0.25) is 11.8 Å². The Kier molecular flexibility index (Phi) is 28.3. The summed E-state index contributed by atoms with van der Waals surface area (Å²) < 4.78 is 1.06. The average Bonchev–Trinajstić information content (AvgIpc) is 3.37. The monoisotopic (exact) mass is 660 g/mol. The maximum Gasteiger partial charge on any atom is 0.233 e. The molecule has 0 N–H and O–H groups in total. The van der Waals surface area contributed by atoms with Crippen molar-refractivity contribution >= 4 is 30.9 Å². The van der Waals surface area contributed by atoms with Gasteiger partial charge in [-0.05, 0) is 64.2 Å². The van der Waals surface area contributed by atoms with E-state index >= 15 is 0 Å². The Labute approximate surface area is 285 Å². The lowest BCUT2D eigenvalue weighted by molar-refractivity contribution is -0.134. The minimum atomic E-state index is -2.01. The van der Waals surface area contributed by atoms with Gasteiger partial charge in [-0.2, -0.15) is 0 Å². The van der Waals surface area contributed by atoms with Crippen LogP contribution in [-0.2, 0) is 19.2 Å². The number of unbranched alkanes of at least 4 members (excludes halogenated alkanes) is 22. The fourth-order valence-corrected chi connectivity index (χ4v) is 8.17. The molecule has 0 aromatic rings. The quantitative estimate of drug-likeness (QED) is 0.0304. The van der Waals surface area contributed by atoms with Crippen molar-refractivity contribution in [2.24, 2.45) is 0 Å². The van der Waals surface area contributed by atoms with Crippen molar-refractivity contribution in [3.8, 4) is 0 Å². The summed E-state index contributed by atoms with van der Waals surface area (Å²) in [5, 5.41) is 0. The average molecular weight is 660 g/mol. The SMILES string of the molecule is CCCCCCCC/C=C\CCCCCCCC(=O)P(C(=O)CCCCCCC/C=C\CCCCCCCC)N1C(=O)CCC1=O. The highest BCUT2D eigenvalue weighted by Crippen LogP contribution is 2.48. The largest absolute Gasteiger partial charge is 0.292 e.